The van der Waals surface area contributed by atoms with E-state index in [1.165, 1.54) is 11.8 Å². The van der Waals surface area contributed by atoms with Crippen molar-refractivity contribution < 1.29 is 9.21 Å². The number of anilines is 1. The number of halogens is 1. The molecule has 0 fully saturated rings. The van der Waals surface area contributed by atoms with Crippen molar-refractivity contribution in [2.45, 2.75) is 39.0 Å². The lowest BCUT2D eigenvalue weighted by atomic mass is 10.1. The summed E-state index contributed by atoms with van der Waals surface area (Å²) >= 11 is 1.20. The Morgan fingerprint density at radius 2 is 1.92 bits per heavy atom. The molecule has 0 aliphatic rings. The van der Waals surface area contributed by atoms with Crippen LogP contribution in [0, 0.1) is 19.8 Å². The van der Waals surface area contributed by atoms with Crippen molar-refractivity contribution in [1.82, 2.24) is 10.2 Å². The quantitative estimate of drug-likeness (QED) is 0.756. The maximum atomic E-state index is 12.1. The molecule has 1 aromatic carbocycles. The topological polar surface area (TPSA) is 94.0 Å². The second-order valence-corrected chi connectivity index (χ2v) is 6.71. The van der Waals surface area contributed by atoms with E-state index >= 15 is 0 Å². The van der Waals surface area contributed by atoms with Crippen LogP contribution in [0.25, 0.3) is 0 Å². The molecule has 0 bridgehead atoms. The normalized spacial score (nSPS) is 11.9. The second kappa shape index (κ2) is 9.05. The van der Waals surface area contributed by atoms with Gasteiger partial charge in [-0.1, -0.05) is 43.8 Å². The number of thioether (sulfide) groups is 1. The van der Waals surface area contributed by atoms with Gasteiger partial charge in [-0.05, 0) is 30.9 Å². The fourth-order valence-electron chi connectivity index (χ4n) is 2.01. The molecule has 132 valence electrons. The van der Waals surface area contributed by atoms with Gasteiger partial charge in [-0.3, -0.25) is 4.79 Å². The highest BCUT2D eigenvalue weighted by Crippen LogP contribution is 2.23. The first-order valence-corrected chi connectivity index (χ1v) is 8.45. The van der Waals surface area contributed by atoms with Gasteiger partial charge in [0, 0.05) is 5.69 Å². The minimum absolute atomic E-state index is 0. The number of aromatic nitrogens is 2. The van der Waals surface area contributed by atoms with E-state index in [2.05, 4.69) is 15.5 Å². The Bertz CT molecular complexity index is 670. The molecule has 1 aromatic heterocycles. The van der Waals surface area contributed by atoms with E-state index in [9.17, 15) is 4.79 Å². The van der Waals surface area contributed by atoms with Crippen LogP contribution in [0.5, 0.6) is 0 Å². The van der Waals surface area contributed by atoms with E-state index in [1.807, 2.05) is 45.9 Å². The molecule has 8 heteroatoms. The van der Waals surface area contributed by atoms with E-state index in [4.69, 9.17) is 10.2 Å². The van der Waals surface area contributed by atoms with Crippen LogP contribution in [0.4, 0.5) is 5.69 Å². The van der Waals surface area contributed by atoms with E-state index in [0.29, 0.717) is 11.1 Å². The van der Waals surface area contributed by atoms with Gasteiger partial charge in [0.05, 0.1) is 11.8 Å². The number of carbonyl (C=O) groups is 1. The lowest BCUT2D eigenvalue weighted by Crippen LogP contribution is -2.17. The highest BCUT2D eigenvalue weighted by atomic mass is 35.5. The minimum atomic E-state index is -0.291. The number of aryl methyl sites for hydroxylation is 2. The van der Waals surface area contributed by atoms with Crippen molar-refractivity contribution in [3.05, 3.63) is 35.2 Å². The predicted octanol–water partition coefficient (Wildman–Crippen LogP) is 3.49. The van der Waals surface area contributed by atoms with Gasteiger partial charge in [0.2, 0.25) is 11.8 Å². The van der Waals surface area contributed by atoms with Gasteiger partial charge in [0.15, 0.2) is 0 Å². The summed E-state index contributed by atoms with van der Waals surface area (Å²) in [6, 6.07) is 5.61. The number of amides is 1. The van der Waals surface area contributed by atoms with Gasteiger partial charge < -0.3 is 15.5 Å². The Balaban J connectivity index is 0.00000288. The van der Waals surface area contributed by atoms with Crippen molar-refractivity contribution in [3.8, 4) is 0 Å². The van der Waals surface area contributed by atoms with E-state index in [-0.39, 0.29) is 36.0 Å². The fourth-order valence-corrected chi connectivity index (χ4v) is 2.58. The maximum absolute atomic E-state index is 12.1. The molecule has 2 aromatic rings. The lowest BCUT2D eigenvalue weighted by Gasteiger charge is -2.10. The molecule has 0 aliphatic heterocycles. The summed E-state index contributed by atoms with van der Waals surface area (Å²) in [5, 5.41) is 11.1. The summed E-state index contributed by atoms with van der Waals surface area (Å²) in [5.41, 5.74) is 8.88. The first-order chi connectivity index (χ1) is 10.9. The number of hydrogen-bond acceptors (Lipinski definition) is 6. The first kappa shape index (κ1) is 20.5. The molecule has 0 spiro atoms. The average molecular weight is 371 g/mol. The molecule has 0 saturated carbocycles. The molecular weight excluding hydrogens is 348 g/mol. The van der Waals surface area contributed by atoms with Crippen LogP contribution >= 0.6 is 24.2 Å². The Labute approximate surface area is 152 Å². The number of para-hydroxylation sites is 1. The van der Waals surface area contributed by atoms with Crippen LogP contribution in [0.1, 0.15) is 36.9 Å². The molecular formula is C16H23ClN4O2S. The average Bonchev–Trinajstić information content (AvgIpc) is 2.97. The van der Waals surface area contributed by atoms with Crippen LogP contribution in [0.3, 0.4) is 0 Å². The molecule has 2 rings (SSSR count). The second-order valence-electron chi connectivity index (χ2n) is 5.78. The van der Waals surface area contributed by atoms with Crippen molar-refractivity contribution in [1.29, 1.82) is 0 Å². The number of benzene rings is 1. The molecule has 0 radical (unpaired) electrons. The van der Waals surface area contributed by atoms with Crippen LogP contribution in [-0.2, 0) is 4.79 Å². The summed E-state index contributed by atoms with van der Waals surface area (Å²) in [5.74, 6) is 0.699. The predicted molar refractivity (Wildman–Crippen MR) is 98.6 cm³/mol. The van der Waals surface area contributed by atoms with Gasteiger partial charge in [-0.25, -0.2) is 0 Å². The lowest BCUT2D eigenvalue weighted by molar-refractivity contribution is -0.113. The van der Waals surface area contributed by atoms with Gasteiger partial charge in [0.25, 0.3) is 5.22 Å². The van der Waals surface area contributed by atoms with E-state index in [1.54, 1.807) is 0 Å². The van der Waals surface area contributed by atoms with Gasteiger partial charge in [0.1, 0.15) is 0 Å². The Morgan fingerprint density at radius 1 is 1.29 bits per heavy atom. The SMILES string of the molecule is Cc1cccc(C)c1NC(=O)CSc1nnc([C@@H](N)C(C)C)o1.Cl. The smallest absolute Gasteiger partial charge is 0.277 e. The van der Waals surface area contributed by atoms with Gasteiger partial charge in [-0.2, -0.15) is 0 Å². The third-order valence-electron chi connectivity index (χ3n) is 3.50. The Morgan fingerprint density at radius 3 is 2.50 bits per heavy atom. The first-order valence-electron chi connectivity index (χ1n) is 7.46. The maximum Gasteiger partial charge on any atom is 0.277 e. The number of nitrogens with zero attached hydrogens (tertiary/aromatic N) is 2. The summed E-state index contributed by atoms with van der Waals surface area (Å²) in [7, 11) is 0. The zero-order chi connectivity index (χ0) is 17.0. The fraction of sp³-hybridized carbons (Fsp3) is 0.438. The number of nitrogens with one attached hydrogen (secondary N) is 1. The molecule has 0 unspecified atom stereocenters. The zero-order valence-electron chi connectivity index (χ0n) is 14.2. The standard InChI is InChI=1S/C16H22N4O2S.ClH/c1-9(2)13(17)15-19-20-16(22-15)23-8-12(21)18-14-10(3)6-5-7-11(14)4;/h5-7,9,13H,8,17H2,1-4H3,(H,18,21);1H/t13-;/m0./s1. The van der Waals surface area contributed by atoms with Gasteiger partial charge >= 0.3 is 0 Å². The molecule has 3 N–H and O–H groups in total. The van der Waals surface area contributed by atoms with Crippen LogP contribution in [-0.4, -0.2) is 21.9 Å². The number of rotatable bonds is 6. The van der Waals surface area contributed by atoms with Gasteiger partial charge in [-0.15, -0.1) is 22.6 Å². The van der Waals surface area contributed by atoms with Crippen LogP contribution in [0.2, 0.25) is 0 Å². The monoisotopic (exact) mass is 370 g/mol. The number of carbonyl (C=O) groups excluding carboxylic acids is 1. The molecule has 6 nitrogen and oxygen atoms in total. The summed E-state index contributed by atoms with van der Waals surface area (Å²) in [6.07, 6.45) is 0. The highest BCUT2D eigenvalue weighted by Gasteiger charge is 2.18. The van der Waals surface area contributed by atoms with Crippen molar-refractivity contribution >= 4 is 35.8 Å². The molecule has 24 heavy (non-hydrogen) atoms. The van der Waals surface area contributed by atoms with E-state index < -0.39 is 0 Å². The van der Waals surface area contributed by atoms with Crippen LogP contribution in [0.15, 0.2) is 27.8 Å². The minimum Gasteiger partial charge on any atom is -0.414 e. The largest absolute Gasteiger partial charge is 0.414 e. The number of hydrogen-bond donors (Lipinski definition) is 2. The van der Waals surface area contributed by atoms with Crippen molar-refractivity contribution in [2.24, 2.45) is 11.7 Å². The summed E-state index contributed by atoms with van der Waals surface area (Å²) < 4.78 is 5.49. The molecule has 0 aliphatic carbocycles. The Kier molecular flexibility index (Phi) is 7.72. The van der Waals surface area contributed by atoms with Crippen molar-refractivity contribution in [2.75, 3.05) is 11.1 Å². The molecule has 0 saturated heterocycles. The van der Waals surface area contributed by atoms with Crippen LogP contribution < -0.4 is 11.1 Å². The summed E-state index contributed by atoms with van der Waals surface area (Å²) in [6.45, 7) is 7.90. The summed E-state index contributed by atoms with van der Waals surface area (Å²) in [4.78, 5) is 12.1. The third-order valence-corrected chi connectivity index (χ3v) is 4.32. The number of nitrogens with two attached hydrogens (primary N) is 1. The molecule has 1 amide bonds. The van der Waals surface area contributed by atoms with E-state index in [0.717, 1.165) is 16.8 Å². The highest BCUT2D eigenvalue weighted by molar-refractivity contribution is 7.99. The molecule has 1 heterocycles. The molecule has 1 atom stereocenters. The third kappa shape index (κ3) is 5.22. The van der Waals surface area contributed by atoms with Crippen molar-refractivity contribution in [3.63, 3.8) is 0 Å². The zero-order valence-corrected chi connectivity index (χ0v) is 15.8. The Hall–Kier alpha value is -1.57.